The molecule has 39 heavy (non-hydrogen) atoms. The highest BCUT2D eigenvalue weighted by molar-refractivity contribution is 7.90. The van der Waals surface area contributed by atoms with Crippen LogP contribution in [-0.2, 0) is 26.0 Å². The highest BCUT2D eigenvalue weighted by Crippen LogP contribution is 2.35. The molecular formula is C26H21Cl3FN3O5S. The van der Waals surface area contributed by atoms with Crippen LogP contribution in [0.15, 0.2) is 53.4 Å². The number of halogens is 4. The van der Waals surface area contributed by atoms with Gasteiger partial charge in [-0.2, -0.15) is 5.26 Å². The third-order valence-corrected chi connectivity index (χ3v) is 7.27. The Kier molecular flexibility index (Phi) is 9.80. The minimum absolute atomic E-state index is 0.0229. The van der Waals surface area contributed by atoms with E-state index in [2.05, 4.69) is 5.32 Å². The van der Waals surface area contributed by atoms with Gasteiger partial charge in [0.25, 0.3) is 10.0 Å². The third-order valence-electron chi connectivity index (χ3n) is 5.07. The van der Waals surface area contributed by atoms with Crippen LogP contribution in [0.3, 0.4) is 0 Å². The van der Waals surface area contributed by atoms with Crippen molar-refractivity contribution >= 4 is 62.3 Å². The molecule has 204 valence electrons. The van der Waals surface area contributed by atoms with Crippen molar-refractivity contribution in [3.8, 4) is 17.6 Å². The van der Waals surface area contributed by atoms with Crippen molar-refractivity contribution in [1.29, 1.82) is 5.26 Å². The summed E-state index contributed by atoms with van der Waals surface area (Å²) in [5.41, 5.74) is 0.207. The number of sulfonamides is 1. The van der Waals surface area contributed by atoms with Crippen molar-refractivity contribution in [2.45, 2.75) is 31.6 Å². The van der Waals surface area contributed by atoms with Gasteiger partial charge < -0.3 is 10.1 Å². The minimum Gasteiger partial charge on any atom is -0.453 e. The summed E-state index contributed by atoms with van der Waals surface area (Å²) in [6.45, 7) is 3.55. The maximum Gasteiger partial charge on any atom is 0.264 e. The van der Waals surface area contributed by atoms with Crippen LogP contribution in [0.5, 0.6) is 11.5 Å². The summed E-state index contributed by atoms with van der Waals surface area (Å²) in [7, 11) is -4.17. The van der Waals surface area contributed by atoms with Gasteiger partial charge in [0.2, 0.25) is 11.8 Å². The zero-order valence-corrected chi connectivity index (χ0v) is 23.6. The van der Waals surface area contributed by atoms with Crippen LogP contribution in [0.2, 0.25) is 15.1 Å². The maximum atomic E-state index is 15.2. The van der Waals surface area contributed by atoms with E-state index in [-0.39, 0.29) is 60.6 Å². The summed E-state index contributed by atoms with van der Waals surface area (Å²) in [4.78, 5) is 24.3. The van der Waals surface area contributed by atoms with Crippen molar-refractivity contribution < 1.29 is 27.1 Å². The average Bonchev–Trinajstić information content (AvgIpc) is 2.83. The molecule has 0 bridgehead atoms. The lowest BCUT2D eigenvalue weighted by Gasteiger charge is -2.13. The molecule has 8 nitrogen and oxygen atoms in total. The summed E-state index contributed by atoms with van der Waals surface area (Å²) < 4.78 is 47.7. The fourth-order valence-corrected chi connectivity index (χ4v) is 5.08. The van der Waals surface area contributed by atoms with Gasteiger partial charge in [-0.05, 0) is 48.4 Å². The van der Waals surface area contributed by atoms with E-state index in [1.165, 1.54) is 42.5 Å². The van der Waals surface area contributed by atoms with Gasteiger partial charge in [0.1, 0.15) is 5.75 Å². The van der Waals surface area contributed by atoms with Crippen LogP contribution in [0.25, 0.3) is 0 Å². The molecule has 0 spiro atoms. The predicted molar refractivity (Wildman–Crippen MR) is 146 cm³/mol. The minimum atomic E-state index is -4.17. The maximum absolute atomic E-state index is 15.2. The number of carbonyl (C=O) groups excluding carboxylic acids is 2. The number of hydrogen-bond acceptors (Lipinski definition) is 6. The van der Waals surface area contributed by atoms with Gasteiger partial charge in [0, 0.05) is 17.0 Å². The highest BCUT2D eigenvalue weighted by Gasteiger charge is 2.21. The number of anilines is 1. The van der Waals surface area contributed by atoms with Gasteiger partial charge >= 0.3 is 0 Å². The van der Waals surface area contributed by atoms with E-state index in [4.69, 9.17) is 44.8 Å². The Hall–Kier alpha value is -3.36. The Morgan fingerprint density at radius 1 is 1.03 bits per heavy atom. The number of nitrogens with zero attached hydrogens (tertiary/aromatic N) is 1. The SMILES string of the molecule is CC(C)CC(=O)NS(=O)(=O)c1ccc(NC(=O)Cc2ccc(Cl)c(Oc3cc(Cl)cc(C#N)c3)c2F)c(Cl)c1. The molecule has 0 radical (unpaired) electrons. The molecule has 3 rings (SSSR count). The van der Waals surface area contributed by atoms with E-state index >= 15 is 4.39 Å². The van der Waals surface area contributed by atoms with Crippen molar-refractivity contribution in [3.05, 3.63) is 80.5 Å². The smallest absolute Gasteiger partial charge is 0.264 e. The number of benzene rings is 3. The Morgan fingerprint density at radius 3 is 2.38 bits per heavy atom. The van der Waals surface area contributed by atoms with E-state index in [0.717, 1.165) is 6.07 Å². The number of rotatable bonds is 9. The summed E-state index contributed by atoms with van der Waals surface area (Å²) in [6, 6.07) is 12.2. The predicted octanol–water partition coefficient (Wildman–Crippen LogP) is 6.48. The van der Waals surface area contributed by atoms with E-state index in [1.807, 2.05) is 10.8 Å². The first-order valence-electron chi connectivity index (χ1n) is 11.3. The molecule has 13 heteroatoms. The molecule has 0 aliphatic heterocycles. The standard InChI is InChI=1S/C26H21Cl3FN3O5S/c1-14(2)7-24(35)33-39(36,37)19-4-6-22(21(29)12-19)32-23(34)10-16-3-5-20(28)26(25(16)30)38-18-9-15(13-31)8-17(27)11-18/h3-6,8-9,11-12,14H,7,10H2,1-2H3,(H,32,34)(H,33,35). The van der Waals surface area contributed by atoms with Gasteiger partial charge in [-0.15, -0.1) is 0 Å². The molecule has 0 aromatic heterocycles. The van der Waals surface area contributed by atoms with Crippen LogP contribution in [-0.4, -0.2) is 20.2 Å². The van der Waals surface area contributed by atoms with Gasteiger partial charge in [-0.1, -0.05) is 54.7 Å². The summed E-state index contributed by atoms with van der Waals surface area (Å²) in [6.07, 6.45) is -0.422. The van der Waals surface area contributed by atoms with E-state index < -0.39 is 34.1 Å². The molecular weight excluding hydrogens is 592 g/mol. The first kappa shape index (κ1) is 30.2. The molecule has 3 aromatic rings. The molecule has 0 saturated carbocycles. The number of nitriles is 1. The number of nitrogens with one attached hydrogen (secondary N) is 2. The lowest BCUT2D eigenvalue weighted by molar-refractivity contribution is -0.120. The quantitative estimate of drug-likeness (QED) is 0.285. The molecule has 0 unspecified atom stereocenters. The van der Waals surface area contributed by atoms with Crippen molar-refractivity contribution in [1.82, 2.24) is 4.72 Å². The second-order valence-electron chi connectivity index (χ2n) is 8.73. The number of hydrogen-bond donors (Lipinski definition) is 2. The largest absolute Gasteiger partial charge is 0.453 e. The highest BCUT2D eigenvalue weighted by atomic mass is 35.5. The monoisotopic (exact) mass is 611 g/mol. The van der Waals surface area contributed by atoms with Gasteiger partial charge in [-0.3, -0.25) is 9.59 Å². The van der Waals surface area contributed by atoms with Gasteiger partial charge in [-0.25, -0.2) is 17.5 Å². The lowest BCUT2D eigenvalue weighted by Crippen LogP contribution is -2.31. The van der Waals surface area contributed by atoms with Crippen molar-refractivity contribution in [2.24, 2.45) is 5.92 Å². The topological polar surface area (TPSA) is 125 Å². The summed E-state index contributed by atoms with van der Waals surface area (Å²) in [5, 5.41) is 11.6. The Balaban J connectivity index is 1.75. The number of amides is 2. The van der Waals surface area contributed by atoms with E-state index in [1.54, 1.807) is 13.8 Å². The molecule has 0 fully saturated rings. The first-order chi connectivity index (χ1) is 18.3. The molecule has 0 saturated heterocycles. The van der Waals surface area contributed by atoms with E-state index in [0.29, 0.717) is 0 Å². The lowest BCUT2D eigenvalue weighted by atomic mass is 10.1. The second kappa shape index (κ2) is 12.7. The molecule has 2 amide bonds. The average molecular weight is 613 g/mol. The Bertz CT molecular complexity index is 1590. The normalized spacial score (nSPS) is 11.1. The summed E-state index contributed by atoms with van der Waals surface area (Å²) >= 11 is 18.2. The second-order valence-corrected chi connectivity index (χ2v) is 11.7. The van der Waals surface area contributed by atoms with Crippen LogP contribution in [0, 0.1) is 23.1 Å². The van der Waals surface area contributed by atoms with Gasteiger partial charge in [0.15, 0.2) is 11.6 Å². The fraction of sp³-hybridized carbons (Fsp3) is 0.192. The molecule has 2 N–H and O–H groups in total. The van der Waals surface area contributed by atoms with Crippen LogP contribution in [0.1, 0.15) is 31.4 Å². The first-order valence-corrected chi connectivity index (χ1v) is 13.9. The summed E-state index contributed by atoms with van der Waals surface area (Å²) in [5.74, 6) is -2.56. The van der Waals surface area contributed by atoms with Crippen LogP contribution in [0.4, 0.5) is 10.1 Å². The van der Waals surface area contributed by atoms with Crippen molar-refractivity contribution in [2.75, 3.05) is 5.32 Å². The molecule has 3 aromatic carbocycles. The number of carbonyl (C=O) groups is 2. The zero-order valence-electron chi connectivity index (χ0n) is 20.5. The third kappa shape index (κ3) is 8.07. The van der Waals surface area contributed by atoms with Gasteiger partial charge in [0.05, 0.1) is 38.7 Å². The molecule has 0 atom stereocenters. The van der Waals surface area contributed by atoms with Crippen LogP contribution < -0.4 is 14.8 Å². The molecule has 0 heterocycles. The zero-order chi connectivity index (χ0) is 28.9. The van der Waals surface area contributed by atoms with Crippen LogP contribution >= 0.6 is 34.8 Å². The van der Waals surface area contributed by atoms with E-state index in [9.17, 15) is 18.0 Å². The Morgan fingerprint density at radius 2 is 1.74 bits per heavy atom. The molecule has 0 aliphatic carbocycles. The molecule has 0 aliphatic rings. The Labute approximate surface area is 239 Å². The van der Waals surface area contributed by atoms with Crippen molar-refractivity contribution in [3.63, 3.8) is 0 Å². The number of ether oxygens (including phenoxy) is 1. The fourth-order valence-electron chi connectivity index (χ4n) is 3.36.